The van der Waals surface area contributed by atoms with Gasteiger partial charge in [-0.05, 0) is 57.6 Å². The maximum atomic E-state index is 12.7. The van der Waals surface area contributed by atoms with Gasteiger partial charge in [-0.15, -0.1) is 0 Å². The van der Waals surface area contributed by atoms with Crippen LogP contribution in [0.25, 0.3) is 0 Å². The van der Waals surface area contributed by atoms with Crippen LogP contribution < -0.4 is 15.0 Å². The highest BCUT2D eigenvalue weighted by Crippen LogP contribution is 2.43. The number of rotatable bonds is 2. The highest BCUT2D eigenvalue weighted by molar-refractivity contribution is 6.08. The molecule has 0 radical (unpaired) electrons. The van der Waals surface area contributed by atoms with Gasteiger partial charge < -0.3 is 14.4 Å². The zero-order valence-corrected chi connectivity index (χ0v) is 18.7. The molecule has 4 amide bonds. The van der Waals surface area contributed by atoms with Crippen LogP contribution in [0, 0.1) is 0 Å². The lowest BCUT2D eigenvalue weighted by atomic mass is 9.88. The van der Waals surface area contributed by atoms with E-state index < -0.39 is 17.6 Å². The molecule has 1 atom stereocenters. The van der Waals surface area contributed by atoms with Crippen LogP contribution in [0.4, 0.5) is 10.5 Å². The van der Waals surface area contributed by atoms with Crippen molar-refractivity contribution >= 4 is 29.5 Å². The maximum absolute atomic E-state index is 12.7. The number of fused-ring (bicyclic) bond motifs is 1. The molecule has 1 N–H and O–H groups in total. The first kappa shape index (κ1) is 22.1. The second-order valence-corrected chi connectivity index (χ2v) is 9.46. The Labute approximate surface area is 187 Å². The molecule has 0 aromatic heterocycles. The van der Waals surface area contributed by atoms with Crippen LogP contribution in [0.1, 0.15) is 57.9 Å². The van der Waals surface area contributed by atoms with Crippen LogP contribution in [-0.4, -0.2) is 60.1 Å². The number of carbonyl (C=O) groups is 4. The van der Waals surface area contributed by atoms with Crippen molar-refractivity contribution in [2.75, 3.05) is 24.6 Å². The minimum absolute atomic E-state index is 0.153. The molecule has 172 valence electrons. The SMILES string of the molecule is CC(C)(C)OC(=O)N1CCC(c2cccc3c2OCC(=O)N3C2CCC(=O)NC2=O)CC1. The van der Waals surface area contributed by atoms with Gasteiger partial charge in [-0.3, -0.25) is 24.6 Å². The highest BCUT2D eigenvalue weighted by atomic mass is 16.6. The molecule has 0 aliphatic carbocycles. The Balaban J connectivity index is 1.53. The Hall–Kier alpha value is -3.10. The summed E-state index contributed by atoms with van der Waals surface area (Å²) in [5, 5.41) is 2.33. The van der Waals surface area contributed by atoms with Crippen molar-refractivity contribution in [1.82, 2.24) is 10.2 Å². The molecule has 0 saturated carbocycles. The molecule has 1 aromatic carbocycles. The van der Waals surface area contributed by atoms with E-state index in [1.807, 2.05) is 32.9 Å². The van der Waals surface area contributed by atoms with Crippen molar-refractivity contribution in [2.24, 2.45) is 0 Å². The molecule has 1 aromatic rings. The van der Waals surface area contributed by atoms with Crippen molar-refractivity contribution in [1.29, 1.82) is 0 Å². The van der Waals surface area contributed by atoms with E-state index >= 15 is 0 Å². The average molecular weight is 444 g/mol. The molecule has 2 saturated heterocycles. The Morgan fingerprint density at radius 3 is 2.50 bits per heavy atom. The molecule has 0 spiro atoms. The first-order chi connectivity index (χ1) is 15.1. The lowest BCUT2D eigenvalue weighted by Crippen LogP contribution is -2.56. The Morgan fingerprint density at radius 1 is 1.12 bits per heavy atom. The number of likely N-dealkylation sites (tertiary alicyclic amines) is 1. The summed E-state index contributed by atoms with van der Waals surface area (Å²) in [4.78, 5) is 52.2. The van der Waals surface area contributed by atoms with E-state index in [1.165, 1.54) is 4.90 Å². The van der Waals surface area contributed by atoms with Gasteiger partial charge in [0.1, 0.15) is 17.4 Å². The van der Waals surface area contributed by atoms with E-state index in [1.54, 1.807) is 11.0 Å². The Kier molecular flexibility index (Phi) is 5.83. The van der Waals surface area contributed by atoms with E-state index in [9.17, 15) is 19.2 Å². The molecule has 1 unspecified atom stereocenters. The van der Waals surface area contributed by atoms with Crippen molar-refractivity contribution in [3.05, 3.63) is 23.8 Å². The van der Waals surface area contributed by atoms with Crippen LogP contribution >= 0.6 is 0 Å². The fourth-order valence-electron chi connectivity index (χ4n) is 4.52. The standard InChI is InChI=1S/C23H29N3O6/c1-23(2,3)32-22(30)25-11-9-14(10-12-25)15-5-4-6-16-20(15)31-13-19(28)26(16)17-7-8-18(27)24-21(17)29/h4-6,14,17H,7-13H2,1-3H3,(H,24,27,29). The Bertz CT molecular complexity index is 946. The molecule has 2 fully saturated rings. The van der Waals surface area contributed by atoms with Gasteiger partial charge >= 0.3 is 6.09 Å². The first-order valence-electron chi connectivity index (χ1n) is 11.0. The van der Waals surface area contributed by atoms with Crippen molar-refractivity contribution in [3.8, 4) is 5.75 Å². The number of nitrogens with one attached hydrogen (secondary N) is 1. The van der Waals surface area contributed by atoms with Gasteiger partial charge in [0.15, 0.2) is 6.61 Å². The minimum atomic E-state index is -0.730. The van der Waals surface area contributed by atoms with E-state index in [0.717, 1.165) is 18.4 Å². The van der Waals surface area contributed by atoms with Crippen LogP contribution in [-0.2, 0) is 19.1 Å². The van der Waals surface area contributed by atoms with E-state index in [4.69, 9.17) is 9.47 Å². The number of para-hydroxylation sites is 1. The third-order valence-corrected chi connectivity index (χ3v) is 6.00. The quantitative estimate of drug-likeness (QED) is 0.704. The summed E-state index contributed by atoms with van der Waals surface area (Å²) in [7, 11) is 0. The highest BCUT2D eigenvalue weighted by Gasteiger charge is 2.40. The lowest BCUT2D eigenvalue weighted by molar-refractivity contribution is -0.136. The number of carbonyl (C=O) groups excluding carboxylic acids is 4. The van der Waals surface area contributed by atoms with Crippen LogP contribution in [0.5, 0.6) is 5.75 Å². The molecule has 3 aliphatic heterocycles. The molecule has 3 aliphatic rings. The number of hydrogen-bond acceptors (Lipinski definition) is 6. The van der Waals surface area contributed by atoms with Crippen molar-refractivity contribution < 1.29 is 28.7 Å². The molecule has 9 nitrogen and oxygen atoms in total. The number of nitrogens with zero attached hydrogens (tertiary/aromatic N) is 2. The third-order valence-electron chi connectivity index (χ3n) is 6.00. The molecular weight excluding hydrogens is 414 g/mol. The third kappa shape index (κ3) is 4.42. The summed E-state index contributed by atoms with van der Waals surface area (Å²) in [6.45, 7) is 6.53. The van der Waals surface area contributed by atoms with Crippen LogP contribution in [0.3, 0.4) is 0 Å². The number of hydrogen-bond donors (Lipinski definition) is 1. The summed E-state index contributed by atoms with van der Waals surface area (Å²) in [6.07, 6.45) is 1.65. The van der Waals surface area contributed by atoms with E-state index in [0.29, 0.717) is 24.5 Å². The zero-order chi connectivity index (χ0) is 23.0. The van der Waals surface area contributed by atoms with E-state index in [2.05, 4.69) is 5.32 Å². The predicted octanol–water partition coefficient (Wildman–Crippen LogP) is 2.33. The molecule has 9 heteroatoms. The minimum Gasteiger partial charge on any atom is -0.481 e. The monoisotopic (exact) mass is 443 g/mol. The molecule has 32 heavy (non-hydrogen) atoms. The van der Waals surface area contributed by atoms with Gasteiger partial charge in [0.2, 0.25) is 11.8 Å². The summed E-state index contributed by atoms with van der Waals surface area (Å²) in [6, 6.07) is 4.88. The fourth-order valence-corrected chi connectivity index (χ4v) is 4.52. The van der Waals surface area contributed by atoms with Crippen molar-refractivity contribution in [2.45, 2.75) is 64.0 Å². The average Bonchev–Trinajstić information content (AvgIpc) is 2.73. The molecule has 3 heterocycles. The number of piperidine rings is 2. The van der Waals surface area contributed by atoms with Crippen LogP contribution in [0.15, 0.2) is 18.2 Å². The second kappa shape index (κ2) is 8.44. The Morgan fingerprint density at radius 2 is 1.84 bits per heavy atom. The topological polar surface area (TPSA) is 105 Å². The second-order valence-electron chi connectivity index (χ2n) is 9.46. The van der Waals surface area contributed by atoms with Crippen molar-refractivity contribution in [3.63, 3.8) is 0 Å². The normalized spacial score (nSPS) is 22.2. The molecule has 4 rings (SSSR count). The van der Waals surface area contributed by atoms with Gasteiger partial charge in [0.05, 0.1) is 5.69 Å². The van der Waals surface area contributed by atoms with Gasteiger partial charge in [-0.25, -0.2) is 4.79 Å². The van der Waals surface area contributed by atoms with Crippen LogP contribution in [0.2, 0.25) is 0 Å². The fraction of sp³-hybridized carbons (Fsp3) is 0.565. The summed E-state index contributed by atoms with van der Waals surface area (Å²) >= 11 is 0. The van der Waals surface area contributed by atoms with Gasteiger partial charge in [-0.2, -0.15) is 0 Å². The maximum Gasteiger partial charge on any atom is 0.410 e. The number of anilines is 1. The number of benzene rings is 1. The summed E-state index contributed by atoms with van der Waals surface area (Å²) < 4.78 is 11.3. The predicted molar refractivity (Wildman–Crippen MR) is 115 cm³/mol. The number of amides is 4. The van der Waals surface area contributed by atoms with Gasteiger partial charge in [0.25, 0.3) is 5.91 Å². The lowest BCUT2D eigenvalue weighted by Gasteiger charge is -2.38. The molecular formula is C23H29N3O6. The number of imide groups is 1. The largest absolute Gasteiger partial charge is 0.481 e. The summed E-state index contributed by atoms with van der Waals surface area (Å²) in [5.41, 5.74) is 0.991. The first-order valence-corrected chi connectivity index (χ1v) is 11.0. The number of ether oxygens (including phenoxy) is 2. The molecule has 0 bridgehead atoms. The van der Waals surface area contributed by atoms with E-state index in [-0.39, 0.29) is 43.3 Å². The smallest absolute Gasteiger partial charge is 0.410 e. The zero-order valence-electron chi connectivity index (χ0n) is 18.7. The summed E-state index contributed by atoms with van der Waals surface area (Å²) in [5.74, 6) is -0.326. The van der Waals surface area contributed by atoms with Gasteiger partial charge in [0, 0.05) is 19.5 Å². The van der Waals surface area contributed by atoms with Gasteiger partial charge in [-0.1, -0.05) is 12.1 Å².